The van der Waals surface area contributed by atoms with E-state index in [4.69, 9.17) is 4.74 Å². The summed E-state index contributed by atoms with van der Waals surface area (Å²) in [4.78, 5) is 16.4. The van der Waals surface area contributed by atoms with E-state index in [1.165, 1.54) is 6.42 Å². The van der Waals surface area contributed by atoms with Gasteiger partial charge in [0.15, 0.2) is 0 Å². The predicted molar refractivity (Wildman–Crippen MR) is 70.9 cm³/mol. The molecule has 2 rings (SSSR count). The highest BCUT2D eigenvalue weighted by Gasteiger charge is 2.24. The lowest BCUT2D eigenvalue weighted by atomic mass is 9.84. The van der Waals surface area contributed by atoms with Crippen molar-refractivity contribution in [3.63, 3.8) is 0 Å². The smallest absolute Gasteiger partial charge is 0.136 e. The van der Waals surface area contributed by atoms with Gasteiger partial charge in [-0.05, 0) is 33.1 Å². The number of aryl methyl sites for hydroxylation is 1. The molecule has 18 heavy (non-hydrogen) atoms. The second-order valence-corrected chi connectivity index (χ2v) is 5.16. The number of aromatic nitrogens is 1. The van der Waals surface area contributed by atoms with Crippen LogP contribution in [0.1, 0.15) is 42.5 Å². The first kappa shape index (κ1) is 13.1. The number of carbonyl (C=O) groups is 1. The third kappa shape index (κ3) is 2.55. The number of carbonyl (C=O) groups excluding carboxylic acids is 1. The van der Waals surface area contributed by atoms with E-state index in [1.54, 1.807) is 7.11 Å². The topological polar surface area (TPSA) is 39.2 Å². The number of hydrogen-bond acceptors (Lipinski definition) is 3. The van der Waals surface area contributed by atoms with Crippen molar-refractivity contribution in [2.75, 3.05) is 7.11 Å². The molecule has 0 saturated heterocycles. The molecule has 0 aliphatic heterocycles. The highest BCUT2D eigenvalue weighted by atomic mass is 16.5. The van der Waals surface area contributed by atoms with Crippen LogP contribution in [0, 0.1) is 19.8 Å². The van der Waals surface area contributed by atoms with Gasteiger partial charge >= 0.3 is 0 Å². The largest absolute Gasteiger partial charge is 0.496 e. The Labute approximate surface area is 109 Å². The summed E-state index contributed by atoms with van der Waals surface area (Å²) in [5.74, 6) is 1.47. The molecule has 3 nitrogen and oxygen atoms in total. The van der Waals surface area contributed by atoms with Gasteiger partial charge in [0, 0.05) is 35.4 Å². The lowest BCUT2D eigenvalue weighted by Crippen LogP contribution is -2.22. The van der Waals surface area contributed by atoms with Crippen molar-refractivity contribution in [3.8, 4) is 5.75 Å². The minimum Gasteiger partial charge on any atom is -0.496 e. The molecule has 1 atom stereocenters. The molecular formula is C15H21NO2. The molecule has 1 unspecified atom stereocenters. The van der Waals surface area contributed by atoms with Gasteiger partial charge in [-0.15, -0.1) is 0 Å². The second-order valence-electron chi connectivity index (χ2n) is 5.16. The van der Waals surface area contributed by atoms with Crippen molar-refractivity contribution in [3.05, 3.63) is 23.0 Å². The Morgan fingerprint density at radius 1 is 1.39 bits per heavy atom. The third-order valence-electron chi connectivity index (χ3n) is 3.87. The molecule has 3 heteroatoms. The molecular weight excluding hydrogens is 226 g/mol. The van der Waals surface area contributed by atoms with E-state index < -0.39 is 0 Å². The van der Waals surface area contributed by atoms with Crippen molar-refractivity contribution >= 4 is 5.78 Å². The summed E-state index contributed by atoms with van der Waals surface area (Å²) in [6.07, 6.45) is 6.58. The number of nitrogens with zero attached hydrogens (tertiary/aromatic N) is 1. The van der Waals surface area contributed by atoms with Gasteiger partial charge in [0.2, 0.25) is 0 Å². The average molecular weight is 247 g/mol. The third-order valence-corrected chi connectivity index (χ3v) is 3.87. The van der Waals surface area contributed by atoms with E-state index >= 15 is 0 Å². The fourth-order valence-electron chi connectivity index (χ4n) is 2.78. The van der Waals surface area contributed by atoms with Gasteiger partial charge in [-0.25, -0.2) is 0 Å². The van der Waals surface area contributed by atoms with Gasteiger partial charge in [-0.2, -0.15) is 0 Å². The number of hydrogen-bond donors (Lipinski definition) is 0. The Morgan fingerprint density at radius 2 is 2.17 bits per heavy atom. The summed E-state index contributed by atoms with van der Waals surface area (Å²) in [7, 11) is 1.69. The summed E-state index contributed by atoms with van der Waals surface area (Å²) >= 11 is 0. The number of methoxy groups -OCH3 is 1. The number of ether oxygens (including phenoxy) is 1. The van der Waals surface area contributed by atoms with Crippen LogP contribution in [0.4, 0.5) is 0 Å². The number of ketones is 1. The minimum absolute atomic E-state index is 0.164. The fourth-order valence-corrected chi connectivity index (χ4v) is 2.78. The van der Waals surface area contributed by atoms with Crippen LogP contribution in [0.5, 0.6) is 5.75 Å². The minimum atomic E-state index is 0.164. The van der Waals surface area contributed by atoms with Crippen LogP contribution in [0.15, 0.2) is 6.20 Å². The number of Topliss-reactive ketones (excluding diaryl/α,β-unsaturated/α-hetero) is 1. The normalized spacial score (nSPS) is 19.9. The molecule has 98 valence electrons. The molecule has 1 aliphatic rings. The second kappa shape index (κ2) is 5.51. The molecule has 1 aromatic heterocycles. The van der Waals surface area contributed by atoms with Crippen LogP contribution in [0.3, 0.4) is 0 Å². The van der Waals surface area contributed by atoms with Crippen LogP contribution >= 0.6 is 0 Å². The standard InChI is InChI=1S/C15H21NO2/c1-10-9-16-13(11(2)15(10)18-3)8-12-6-4-5-7-14(12)17/h9,12H,4-8H2,1-3H3. The molecule has 0 bridgehead atoms. The first-order valence-electron chi connectivity index (χ1n) is 6.65. The zero-order chi connectivity index (χ0) is 13.1. The first-order valence-corrected chi connectivity index (χ1v) is 6.65. The molecule has 1 saturated carbocycles. The lowest BCUT2D eigenvalue weighted by molar-refractivity contribution is -0.124. The first-order chi connectivity index (χ1) is 8.63. The quantitative estimate of drug-likeness (QED) is 0.824. The highest BCUT2D eigenvalue weighted by Crippen LogP contribution is 2.29. The molecule has 1 aliphatic carbocycles. The van der Waals surface area contributed by atoms with Gasteiger partial charge in [0.05, 0.1) is 7.11 Å². The van der Waals surface area contributed by atoms with Crippen molar-refractivity contribution < 1.29 is 9.53 Å². The SMILES string of the molecule is COc1c(C)cnc(CC2CCCCC2=O)c1C. The summed E-state index contributed by atoms with van der Waals surface area (Å²) in [5, 5.41) is 0. The number of pyridine rings is 1. The highest BCUT2D eigenvalue weighted by molar-refractivity contribution is 5.81. The van der Waals surface area contributed by atoms with Crippen molar-refractivity contribution in [2.45, 2.75) is 46.0 Å². The van der Waals surface area contributed by atoms with E-state index in [9.17, 15) is 4.79 Å². The summed E-state index contributed by atoms with van der Waals surface area (Å²) in [5.41, 5.74) is 3.14. The van der Waals surface area contributed by atoms with Gasteiger partial charge in [-0.3, -0.25) is 9.78 Å². The summed E-state index contributed by atoms with van der Waals surface area (Å²) < 4.78 is 5.41. The average Bonchev–Trinajstić information content (AvgIpc) is 2.36. The van der Waals surface area contributed by atoms with Crippen molar-refractivity contribution in [2.24, 2.45) is 5.92 Å². The maximum atomic E-state index is 11.9. The Hall–Kier alpha value is -1.38. The monoisotopic (exact) mass is 247 g/mol. The zero-order valence-electron chi connectivity index (χ0n) is 11.5. The molecule has 0 aromatic carbocycles. The van der Waals surface area contributed by atoms with E-state index in [1.807, 2.05) is 20.0 Å². The van der Waals surface area contributed by atoms with Crippen LogP contribution < -0.4 is 4.74 Å². The predicted octanol–water partition coefficient (Wildman–Crippen LogP) is 3.01. The van der Waals surface area contributed by atoms with Gasteiger partial charge in [-0.1, -0.05) is 6.42 Å². The van der Waals surface area contributed by atoms with Crippen molar-refractivity contribution in [1.29, 1.82) is 0 Å². The van der Waals surface area contributed by atoms with Gasteiger partial charge in [0.1, 0.15) is 11.5 Å². The lowest BCUT2D eigenvalue weighted by Gasteiger charge is -2.21. The molecule has 0 spiro atoms. The Morgan fingerprint density at radius 3 is 2.83 bits per heavy atom. The van der Waals surface area contributed by atoms with Crippen LogP contribution in [-0.4, -0.2) is 17.9 Å². The van der Waals surface area contributed by atoms with Gasteiger partial charge < -0.3 is 4.74 Å². The van der Waals surface area contributed by atoms with E-state index in [0.29, 0.717) is 5.78 Å². The number of rotatable bonds is 3. The molecule has 1 fully saturated rings. The molecule has 0 radical (unpaired) electrons. The van der Waals surface area contributed by atoms with Crippen LogP contribution in [0.2, 0.25) is 0 Å². The van der Waals surface area contributed by atoms with Gasteiger partial charge in [0.25, 0.3) is 0 Å². The maximum Gasteiger partial charge on any atom is 0.136 e. The van der Waals surface area contributed by atoms with Crippen molar-refractivity contribution in [1.82, 2.24) is 4.98 Å². The van der Waals surface area contributed by atoms with Crippen LogP contribution in [0.25, 0.3) is 0 Å². The van der Waals surface area contributed by atoms with Crippen LogP contribution in [-0.2, 0) is 11.2 Å². The molecule has 1 aromatic rings. The maximum absolute atomic E-state index is 11.9. The summed E-state index contributed by atoms with van der Waals surface area (Å²) in [6, 6.07) is 0. The molecule has 1 heterocycles. The molecule has 0 amide bonds. The van der Waals surface area contributed by atoms with E-state index in [-0.39, 0.29) is 5.92 Å². The molecule has 0 N–H and O–H groups in total. The Bertz CT molecular complexity index is 454. The van der Waals surface area contributed by atoms with E-state index in [0.717, 1.165) is 48.3 Å². The van der Waals surface area contributed by atoms with E-state index in [2.05, 4.69) is 4.98 Å². The Balaban J connectivity index is 2.21. The Kier molecular flexibility index (Phi) is 4.00. The fraction of sp³-hybridized carbons (Fsp3) is 0.600. The summed E-state index contributed by atoms with van der Waals surface area (Å²) in [6.45, 7) is 4.02. The zero-order valence-corrected chi connectivity index (χ0v) is 11.5.